The number of halogens is 1. The standard InChI is InChI=1S/C20H29N3O2.ClH/c1-20(2,3)13-21-18(24)14-4-6-15(7-5-14)19(25)23-11-10-16-8-9-17(12-23)22-16;/h4-7,16-17,22H,8-13H2,1-3H3,(H,21,24);1H. The van der Waals surface area contributed by atoms with E-state index >= 15 is 0 Å². The van der Waals surface area contributed by atoms with Crippen molar-refractivity contribution in [3.63, 3.8) is 0 Å². The van der Waals surface area contributed by atoms with Gasteiger partial charge < -0.3 is 15.5 Å². The van der Waals surface area contributed by atoms with Crippen molar-refractivity contribution in [1.29, 1.82) is 0 Å². The van der Waals surface area contributed by atoms with E-state index in [1.54, 1.807) is 24.3 Å². The number of amides is 2. The molecule has 3 rings (SSSR count). The van der Waals surface area contributed by atoms with E-state index in [1.165, 1.54) is 6.42 Å². The molecule has 1 aromatic rings. The Balaban J connectivity index is 0.00000243. The topological polar surface area (TPSA) is 61.4 Å². The van der Waals surface area contributed by atoms with Crippen LogP contribution in [0.4, 0.5) is 0 Å². The second kappa shape index (κ2) is 8.40. The Labute approximate surface area is 162 Å². The van der Waals surface area contributed by atoms with Gasteiger partial charge in [0.25, 0.3) is 11.8 Å². The fraction of sp³-hybridized carbons (Fsp3) is 0.600. The molecule has 2 unspecified atom stereocenters. The van der Waals surface area contributed by atoms with Crippen LogP contribution in [0.2, 0.25) is 0 Å². The van der Waals surface area contributed by atoms with Crippen LogP contribution in [0.15, 0.2) is 24.3 Å². The Bertz CT molecular complexity index is 639. The summed E-state index contributed by atoms with van der Waals surface area (Å²) in [6.07, 6.45) is 3.40. The summed E-state index contributed by atoms with van der Waals surface area (Å²) in [5.74, 6) is -0.0267. The van der Waals surface area contributed by atoms with Crippen molar-refractivity contribution >= 4 is 24.2 Å². The van der Waals surface area contributed by atoms with E-state index in [9.17, 15) is 9.59 Å². The molecule has 0 radical (unpaired) electrons. The molecule has 0 spiro atoms. The quantitative estimate of drug-likeness (QED) is 0.848. The highest BCUT2D eigenvalue weighted by Crippen LogP contribution is 2.21. The first-order valence-corrected chi connectivity index (χ1v) is 9.25. The van der Waals surface area contributed by atoms with E-state index in [0.717, 1.165) is 25.9 Å². The van der Waals surface area contributed by atoms with Crippen LogP contribution in [-0.4, -0.2) is 48.4 Å². The summed E-state index contributed by atoms with van der Waals surface area (Å²) in [7, 11) is 0. The second-order valence-corrected chi connectivity index (χ2v) is 8.50. The Morgan fingerprint density at radius 2 is 1.69 bits per heavy atom. The van der Waals surface area contributed by atoms with Crippen LogP contribution in [-0.2, 0) is 0 Å². The first-order valence-electron chi connectivity index (χ1n) is 9.25. The molecule has 2 saturated heterocycles. The first-order chi connectivity index (χ1) is 11.8. The third kappa shape index (κ3) is 5.21. The molecule has 2 atom stereocenters. The Morgan fingerprint density at radius 1 is 1.08 bits per heavy atom. The predicted octanol–water partition coefficient (Wildman–Crippen LogP) is 2.85. The molecule has 2 bridgehead atoms. The molecule has 0 aliphatic carbocycles. The third-order valence-electron chi connectivity index (χ3n) is 4.98. The monoisotopic (exact) mass is 379 g/mol. The van der Waals surface area contributed by atoms with Crippen LogP contribution in [0.5, 0.6) is 0 Å². The first kappa shape index (κ1) is 20.7. The van der Waals surface area contributed by atoms with Gasteiger partial charge in [-0.05, 0) is 48.9 Å². The molecule has 2 N–H and O–H groups in total. The van der Waals surface area contributed by atoms with Crippen LogP contribution >= 0.6 is 12.4 Å². The fourth-order valence-corrected chi connectivity index (χ4v) is 3.52. The lowest BCUT2D eigenvalue weighted by molar-refractivity contribution is 0.0747. The van der Waals surface area contributed by atoms with Crippen molar-refractivity contribution in [3.8, 4) is 0 Å². The van der Waals surface area contributed by atoms with Crippen LogP contribution in [0, 0.1) is 5.41 Å². The van der Waals surface area contributed by atoms with Gasteiger partial charge in [-0.3, -0.25) is 9.59 Å². The number of carbonyl (C=O) groups is 2. The Morgan fingerprint density at radius 3 is 2.35 bits per heavy atom. The summed E-state index contributed by atoms with van der Waals surface area (Å²) >= 11 is 0. The molecule has 2 heterocycles. The summed E-state index contributed by atoms with van der Waals surface area (Å²) in [6.45, 7) is 8.45. The molecule has 2 amide bonds. The van der Waals surface area contributed by atoms with Crippen molar-refractivity contribution in [3.05, 3.63) is 35.4 Å². The maximum Gasteiger partial charge on any atom is 0.253 e. The molecule has 144 valence electrons. The van der Waals surface area contributed by atoms with E-state index in [-0.39, 0.29) is 29.6 Å². The lowest BCUT2D eigenvalue weighted by Crippen LogP contribution is -2.39. The van der Waals surface area contributed by atoms with Gasteiger partial charge in [0.05, 0.1) is 0 Å². The smallest absolute Gasteiger partial charge is 0.253 e. The highest BCUT2D eigenvalue weighted by Gasteiger charge is 2.31. The molecule has 1 aromatic carbocycles. The molecule has 5 nitrogen and oxygen atoms in total. The Hall–Kier alpha value is -1.59. The van der Waals surface area contributed by atoms with Gasteiger partial charge in [-0.2, -0.15) is 0 Å². The van der Waals surface area contributed by atoms with Crippen molar-refractivity contribution in [2.75, 3.05) is 19.6 Å². The average molecular weight is 380 g/mol. The number of benzene rings is 1. The lowest BCUT2D eigenvalue weighted by Gasteiger charge is -2.24. The van der Waals surface area contributed by atoms with Gasteiger partial charge in [-0.15, -0.1) is 12.4 Å². The SMILES string of the molecule is CC(C)(C)CNC(=O)c1ccc(C(=O)N2CCC3CCC(C2)N3)cc1.Cl. The zero-order valence-corrected chi connectivity index (χ0v) is 16.7. The molecule has 6 heteroatoms. The zero-order valence-electron chi connectivity index (χ0n) is 15.9. The zero-order chi connectivity index (χ0) is 18.0. The number of likely N-dealkylation sites (tertiary alicyclic amines) is 1. The lowest BCUT2D eigenvalue weighted by atomic mass is 9.97. The predicted molar refractivity (Wildman–Crippen MR) is 106 cm³/mol. The number of nitrogens with one attached hydrogen (secondary N) is 2. The van der Waals surface area contributed by atoms with Gasteiger partial charge in [0, 0.05) is 42.8 Å². The van der Waals surface area contributed by atoms with Gasteiger partial charge in [0.2, 0.25) is 0 Å². The summed E-state index contributed by atoms with van der Waals surface area (Å²) in [5.41, 5.74) is 1.30. The van der Waals surface area contributed by atoms with Crippen molar-refractivity contribution < 1.29 is 9.59 Å². The van der Waals surface area contributed by atoms with Gasteiger partial charge in [-0.1, -0.05) is 20.8 Å². The van der Waals surface area contributed by atoms with Gasteiger partial charge in [-0.25, -0.2) is 0 Å². The minimum absolute atomic E-state index is 0. The minimum Gasteiger partial charge on any atom is -0.352 e. The normalized spacial score (nSPS) is 22.3. The van der Waals surface area contributed by atoms with Crippen molar-refractivity contribution in [1.82, 2.24) is 15.5 Å². The van der Waals surface area contributed by atoms with Gasteiger partial charge in [0.1, 0.15) is 0 Å². The van der Waals surface area contributed by atoms with E-state index in [0.29, 0.717) is 29.8 Å². The highest BCUT2D eigenvalue weighted by atomic mass is 35.5. The number of hydrogen-bond donors (Lipinski definition) is 2. The molecule has 0 aromatic heterocycles. The van der Waals surface area contributed by atoms with Gasteiger partial charge >= 0.3 is 0 Å². The van der Waals surface area contributed by atoms with E-state index in [2.05, 4.69) is 31.4 Å². The van der Waals surface area contributed by atoms with Crippen LogP contribution < -0.4 is 10.6 Å². The second-order valence-electron chi connectivity index (χ2n) is 8.50. The van der Waals surface area contributed by atoms with E-state index in [4.69, 9.17) is 0 Å². The number of nitrogens with zero attached hydrogens (tertiary/aromatic N) is 1. The summed E-state index contributed by atoms with van der Waals surface area (Å²) in [4.78, 5) is 26.9. The number of hydrogen-bond acceptors (Lipinski definition) is 3. The summed E-state index contributed by atoms with van der Waals surface area (Å²) < 4.78 is 0. The number of fused-ring (bicyclic) bond motifs is 2. The van der Waals surface area contributed by atoms with Gasteiger partial charge in [0.15, 0.2) is 0 Å². The summed E-state index contributed by atoms with van der Waals surface area (Å²) in [6, 6.07) is 8.02. The Kier molecular flexibility index (Phi) is 6.69. The van der Waals surface area contributed by atoms with Crippen LogP contribution in [0.3, 0.4) is 0 Å². The van der Waals surface area contributed by atoms with Crippen molar-refractivity contribution in [2.45, 2.75) is 52.1 Å². The molecule has 2 aliphatic rings. The molecule has 2 aliphatic heterocycles. The molecule has 0 saturated carbocycles. The van der Waals surface area contributed by atoms with E-state index < -0.39 is 0 Å². The van der Waals surface area contributed by atoms with E-state index in [1.807, 2.05) is 4.90 Å². The average Bonchev–Trinajstić information content (AvgIpc) is 2.90. The van der Waals surface area contributed by atoms with Crippen LogP contribution in [0.25, 0.3) is 0 Å². The molecule has 26 heavy (non-hydrogen) atoms. The molecular formula is C20H30ClN3O2. The largest absolute Gasteiger partial charge is 0.352 e. The highest BCUT2D eigenvalue weighted by molar-refractivity contribution is 5.97. The third-order valence-corrected chi connectivity index (χ3v) is 4.98. The summed E-state index contributed by atoms with van der Waals surface area (Å²) in [5, 5.41) is 6.53. The molecular weight excluding hydrogens is 350 g/mol. The number of rotatable bonds is 3. The minimum atomic E-state index is -0.0924. The molecule has 2 fully saturated rings. The van der Waals surface area contributed by atoms with Crippen molar-refractivity contribution in [2.24, 2.45) is 5.41 Å². The fourth-order valence-electron chi connectivity index (χ4n) is 3.52. The maximum atomic E-state index is 12.8. The van der Waals surface area contributed by atoms with Crippen LogP contribution in [0.1, 0.15) is 60.7 Å². The number of carbonyl (C=O) groups excluding carboxylic acids is 2. The maximum absolute atomic E-state index is 12.8.